The van der Waals surface area contributed by atoms with Crippen molar-refractivity contribution in [2.45, 2.75) is 44.3 Å². The zero-order valence-corrected chi connectivity index (χ0v) is 12.0. The van der Waals surface area contributed by atoms with Crippen molar-refractivity contribution >= 4 is 28.2 Å². The van der Waals surface area contributed by atoms with E-state index in [0.717, 1.165) is 29.7 Å². The van der Waals surface area contributed by atoms with Gasteiger partial charge in [0.15, 0.2) is 6.10 Å². The van der Waals surface area contributed by atoms with Gasteiger partial charge in [0.1, 0.15) is 17.2 Å². The third-order valence-electron chi connectivity index (χ3n) is 3.86. The Morgan fingerprint density at radius 3 is 2.76 bits per heavy atom. The average Bonchev–Trinajstić information content (AvgIpc) is 3.13. The van der Waals surface area contributed by atoms with Crippen molar-refractivity contribution in [3.63, 3.8) is 0 Å². The molecule has 2 unspecified atom stereocenters. The number of anilines is 1. The molecule has 0 bridgehead atoms. The van der Waals surface area contributed by atoms with Crippen LogP contribution in [0.15, 0.2) is 0 Å². The van der Waals surface area contributed by atoms with E-state index in [9.17, 15) is 14.9 Å². The fourth-order valence-corrected chi connectivity index (χ4v) is 4.06. The lowest BCUT2D eigenvalue weighted by atomic mass is 10.1. The number of nitriles is 1. The van der Waals surface area contributed by atoms with Crippen molar-refractivity contribution < 1.29 is 19.4 Å². The van der Waals surface area contributed by atoms with Crippen molar-refractivity contribution in [2.75, 3.05) is 5.32 Å². The molecule has 3 rings (SSSR count). The summed E-state index contributed by atoms with van der Waals surface area (Å²) < 4.78 is 5.22. The molecule has 1 aliphatic carbocycles. The third-order valence-corrected chi connectivity index (χ3v) is 5.06. The maximum Gasteiger partial charge on any atom is 0.332 e. The molecule has 7 heteroatoms. The van der Waals surface area contributed by atoms with Crippen LogP contribution >= 0.6 is 11.3 Å². The summed E-state index contributed by atoms with van der Waals surface area (Å²) in [5.74, 6) is -1.41. The van der Waals surface area contributed by atoms with Crippen LogP contribution in [0.1, 0.15) is 35.3 Å². The number of aliphatic carboxylic acids is 1. The van der Waals surface area contributed by atoms with Crippen LogP contribution in [-0.4, -0.2) is 29.2 Å². The molecule has 110 valence electrons. The standard InChI is InChI=1S/C14H14N2O4S/c15-6-8-7-2-1-3-11(7)21-13(8)16-12(17)9-4-5-10(20-9)14(18)19/h9-10H,1-5H2,(H,16,17)(H,18,19). The molecule has 2 aliphatic rings. The van der Waals surface area contributed by atoms with Gasteiger partial charge in [-0.25, -0.2) is 4.79 Å². The van der Waals surface area contributed by atoms with E-state index < -0.39 is 18.2 Å². The second-order valence-corrected chi connectivity index (χ2v) is 6.30. The van der Waals surface area contributed by atoms with E-state index in [-0.39, 0.29) is 5.91 Å². The Kier molecular flexibility index (Phi) is 3.66. The Morgan fingerprint density at radius 1 is 1.33 bits per heavy atom. The number of hydrogen-bond donors (Lipinski definition) is 2. The number of hydrogen-bond acceptors (Lipinski definition) is 5. The van der Waals surface area contributed by atoms with Gasteiger partial charge >= 0.3 is 5.97 Å². The molecule has 1 saturated heterocycles. The number of amides is 1. The van der Waals surface area contributed by atoms with E-state index in [2.05, 4.69) is 11.4 Å². The van der Waals surface area contributed by atoms with Crippen LogP contribution in [-0.2, 0) is 27.2 Å². The molecular weight excluding hydrogens is 292 g/mol. The van der Waals surface area contributed by atoms with Crippen molar-refractivity contribution in [2.24, 2.45) is 0 Å². The minimum absolute atomic E-state index is 0.333. The largest absolute Gasteiger partial charge is 0.479 e. The van der Waals surface area contributed by atoms with Crippen molar-refractivity contribution in [1.29, 1.82) is 5.26 Å². The summed E-state index contributed by atoms with van der Waals surface area (Å²) >= 11 is 1.44. The molecule has 0 radical (unpaired) electrons. The summed E-state index contributed by atoms with van der Waals surface area (Å²) in [6.07, 6.45) is 1.93. The number of carboxylic acids is 1. The molecule has 2 N–H and O–H groups in total. The maximum atomic E-state index is 12.1. The molecule has 21 heavy (non-hydrogen) atoms. The topological polar surface area (TPSA) is 99.4 Å². The van der Waals surface area contributed by atoms with E-state index in [1.54, 1.807) is 0 Å². The zero-order valence-electron chi connectivity index (χ0n) is 11.2. The predicted molar refractivity (Wildman–Crippen MR) is 75.2 cm³/mol. The number of fused-ring (bicyclic) bond motifs is 1. The number of thiophene rings is 1. The van der Waals surface area contributed by atoms with E-state index in [1.807, 2.05) is 0 Å². The van der Waals surface area contributed by atoms with Gasteiger partial charge in [-0.15, -0.1) is 11.3 Å². The number of carboxylic acid groups (broad SMARTS) is 1. The first-order valence-corrected chi connectivity index (χ1v) is 7.65. The first kappa shape index (κ1) is 14.0. The van der Waals surface area contributed by atoms with Gasteiger partial charge in [0.25, 0.3) is 5.91 Å². The van der Waals surface area contributed by atoms with E-state index in [0.29, 0.717) is 23.4 Å². The molecule has 1 amide bonds. The molecular formula is C14H14N2O4S. The Balaban J connectivity index is 1.72. The second-order valence-electron chi connectivity index (χ2n) is 5.19. The Bertz CT molecular complexity index is 646. The normalized spacial score (nSPS) is 23.6. The monoisotopic (exact) mass is 306 g/mol. The van der Waals surface area contributed by atoms with Crippen molar-refractivity contribution in [3.8, 4) is 6.07 Å². The molecule has 1 aliphatic heterocycles. The minimum Gasteiger partial charge on any atom is -0.479 e. The molecule has 2 heterocycles. The van der Waals surface area contributed by atoms with Gasteiger partial charge in [0.2, 0.25) is 0 Å². The molecule has 1 aromatic heterocycles. The third kappa shape index (κ3) is 2.52. The van der Waals surface area contributed by atoms with E-state index in [4.69, 9.17) is 9.84 Å². The summed E-state index contributed by atoms with van der Waals surface area (Å²) in [4.78, 5) is 24.1. The Morgan fingerprint density at radius 2 is 2.10 bits per heavy atom. The first-order chi connectivity index (χ1) is 10.1. The van der Waals surface area contributed by atoms with Crippen LogP contribution in [0.3, 0.4) is 0 Å². The van der Waals surface area contributed by atoms with E-state index in [1.165, 1.54) is 11.3 Å². The van der Waals surface area contributed by atoms with Crippen LogP contribution in [0, 0.1) is 11.3 Å². The number of carbonyl (C=O) groups is 2. The summed E-state index contributed by atoms with van der Waals surface area (Å²) in [5.41, 5.74) is 1.60. The van der Waals surface area contributed by atoms with Crippen LogP contribution in [0.4, 0.5) is 5.00 Å². The van der Waals surface area contributed by atoms with E-state index >= 15 is 0 Å². The van der Waals surface area contributed by atoms with Gasteiger partial charge in [-0.05, 0) is 37.7 Å². The van der Waals surface area contributed by atoms with Crippen LogP contribution in [0.2, 0.25) is 0 Å². The van der Waals surface area contributed by atoms with Gasteiger partial charge in [-0.3, -0.25) is 4.79 Å². The van der Waals surface area contributed by atoms with Gasteiger partial charge in [-0.2, -0.15) is 5.26 Å². The number of ether oxygens (including phenoxy) is 1. The zero-order chi connectivity index (χ0) is 15.0. The molecule has 1 aromatic rings. The van der Waals surface area contributed by atoms with Crippen LogP contribution < -0.4 is 5.32 Å². The minimum atomic E-state index is -1.04. The van der Waals surface area contributed by atoms with Gasteiger partial charge in [0, 0.05) is 4.88 Å². The van der Waals surface area contributed by atoms with Gasteiger partial charge < -0.3 is 15.2 Å². The van der Waals surface area contributed by atoms with Crippen LogP contribution in [0.5, 0.6) is 0 Å². The lowest BCUT2D eigenvalue weighted by molar-refractivity contribution is -0.150. The molecule has 0 aromatic carbocycles. The first-order valence-electron chi connectivity index (χ1n) is 6.84. The maximum absolute atomic E-state index is 12.1. The van der Waals surface area contributed by atoms with Crippen molar-refractivity contribution in [3.05, 3.63) is 16.0 Å². The number of carbonyl (C=O) groups excluding carboxylic acids is 1. The smallest absolute Gasteiger partial charge is 0.332 e. The lowest BCUT2D eigenvalue weighted by Gasteiger charge is -2.11. The Labute approximate surface area is 125 Å². The highest BCUT2D eigenvalue weighted by atomic mass is 32.1. The number of nitrogens with one attached hydrogen (secondary N) is 1. The molecule has 0 spiro atoms. The number of aryl methyl sites for hydroxylation is 1. The lowest BCUT2D eigenvalue weighted by Crippen LogP contribution is -2.29. The predicted octanol–water partition coefficient (Wildman–Crippen LogP) is 1.68. The number of rotatable bonds is 3. The molecule has 0 saturated carbocycles. The fourth-order valence-electron chi connectivity index (χ4n) is 2.81. The average molecular weight is 306 g/mol. The highest BCUT2D eigenvalue weighted by molar-refractivity contribution is 7.16. The highest BCUT2D eigenvalue weighted by Gasteiger charge is 2.35. The Hall–Kier alpha value is -1.91. The van der Waals surface area contributed by atoms with Crippen LogP contribution in [0.25, 0.3) is 0 Å². The summed E-state index contributed by atoms with van der Waals surface area (Å²) in [6, 6.07) is 2.16. The molecule has 1 fully saturated rings. The molecule has 2 atom stereocenters. The SMILES string of the molecule is N#Cc1c(NC(=O)C2CCC(C(=O)O)O2)sc2c1CCC2. The highest BCUT2D eigenvalue weighted by Crippen LogP contribution is 2.38. The van der Waals surface area contributed by atoms with Crippen molar-refractivity contribution in [1.82, 2.24) is 0 Å². The summed E-state index contributed by atoms with van der Waals surface area (Å²) in [7, 11) is 0. The van der Waals surface area contributed by atoms with Gasteiger partial charge in [-0.1, -0.05) is 0 Å². The van der Waals surface area contributed by atoms with Gasteiger partial charge in [0.05, 0.1) is 5.56 Å². The number of nitrogens with zero attached hydrogens (tertiary/aromatic N) is 1. The fraction of sp³-hybridized carbons (Fsp3) is 0.500. The summed E-state index contributed by atoms with van der Waals surface area (Å²) in [6.45, 7) is 0. The second kappa shape index (κ2) is 5.47. The summed E-state index contributed by atoms with van der Waals surface area (Å²) in [5, 5.41) is 21.4. The quantitative estimate of drug-likeness (QED) is 0.885. The molecule has 6 nitrogen and oxygen atoms in total.